The summed E-state index contributed by atoms with van der Waals surface area (Å²) in [6.45, 7) is 17.5. The van der Waals surface area contributed by atoms with E-state index in [1.165, 1.54) is 17.0 Å². The average Bonchev–Trinajstić information content (AvgIpc) is 2.74. The number of rotatable bonds is 9. The van der Waals surface area contributed by atoms with Crippen LogP contribution in [0.4, 0.5) is 13.6 Å². The van der Waals surface area contributed by atoms with E-state index in [-0.39, 0.29) is 24.0 Å². The highest BCUT2D eigenvalue weighted by atomic mass is 19.1. The van der Waals surface area contributed by atoms with Crippen molar-refractivity contribution in [3.05, 3.63) is 34.9 Å². The number of amides is 1. The number of aliphatic hydroxyl groups is 1. The highest BCUT2D eigenvalue weighted by molar-refractivity contribution is 5.69. The Labute approximate surface area is 227 Å². The lowest BCUT2D eigenvalue weighted by Gasteiger charge is -2.47. The summed E-state index contributed by atoms with van der Waals surface area (Å²) in [5, 5.41) is 11.2. The van der Waals surface area contributed by atoms with Gasteiger partial charge in [0.1, 0.15) is 17.2 Å². The van der Waals surface area contributed by atoms with Gasteiger partial charge < -0.3 is 25.1 Å². The molecule has 0 spiro atoms. The first-order chi connectivity index (χ1) is 17.4. The third-order valence-corrected chi connectivity index (χ3v) is 6.38. The minimum Gasteiger partial charge on any atom is -0.444 e. The summed E-state index contributed by atoms with van der Waals surface area (Å²) in [7, 11) is 0. The van der Waals surface area contributed by atoms with E-state index in [4.69, 9.17) is 19.9 Å². The molecule has 0 saturated carbocycles. The van der Waals surface area contributed by atoms with Gasteiger partial charge in [-0.05, 0) is 76.0 Å². The first-order valence-electron chi connectivity index (χ1n) is 13.5. The number of ether oxygens (including phenoxy) is 3. The van der Waals surface area contributed by atoms with Crippen LogP contribution in [0.1, 0.15) is 79.9 Å². The Bertz CT molecular complexity index is 906. The number of nitrogens with zero attached hydrogens (tertiary/aromatic N) is 1. The minimum absolute atomic E-state index is 0.0104. The number of aliphatic hydroxyl groups excluding tert-OH is 1. The standard InChI is InChI=1S/C29H48F2N2O5/c1-17(2)10-11-20-21(30)12-19(13-22(20)31)14-23(32)25(34)24-15-36-26(37-16-28(4,5)6)18(3)33(24)27(35)38-29(7,8)9/h12-13,17-18,23-26,34H,10-11,14-16,32H2,1-9H3/t18-,23-,24+,25-,26-/m0/s1. The summed E-state index contributed by atoms with van der Waals surface area (Å²) in [6, 6.07) is 0.195. The van der Waals surface area contributed by atoms with Gasteiger partial charge in [0.15, 0.2) is 6.29 Å². The normalized spacial score (nSPS) is 22.5. The molecule has 1 saturated heterocycles. The van der Waals surface area contributed by atoms with Crippen LogP contribution in [0.2, 0.25) is 0 Å². The summed E-state index contributed by atoms with van der Waals surface area (Å²) < 4.78 is 46.9. The second kappa shape index (κ2) is 13.0. The number of carbonyl (C=O) groups excluding carboxylic acids is 1. The highest BCUT2D eigenvalue weighted by Gasteiger charge is 2.45. The molecule has 1 aliphatic heterocycles. The maximum atomic E-state index is 14.7. The van der Waals surface area contributed by atoms with Crippen LogP contribution in [0.15, 0.2) is 12.1 Å². The number of halogens is 2. The van der Waals surface area contributed by atoms with Gasteiger partial charge in [-0.15, -0.1) is 0 Å². The Morgan fingerprint density at radius 2 is 1.76 bits per heavy atom. The van der Waals surface area contributed by atoms with Crippen LogP contribution < -0.4 is 5.73 Å². The summed E-state index contributed by atoms with van der Waals surface area (Å²) in [5.41, 5.74) is 5.85. The van der Waals surface area contributed by atoms with Crippen molar-refractivity contribution >= 4 is 6.09 Å². The predicted octanol–water partition coefficient (Wildman–Crippen LogP) is 5.20. The number of hydrogen-bond donors (Lipinski definition) is 2. The Balaban J connectivity index is 2.22. The van der Waals surface area contributed by atoms with Crippen molar-refractivity contribution in [3.63, 3.8) is 0 Å². The molecule has 0 aliphatic carbocycles. The lowest BCUT2D eigenvalue weighted by molar-refractivity contribution is -0.233. The van der Waals surface area contributed by atoms with E-state index in [0.717, 1.165) is 0 Å². The number of morpholine rings is 1. The van der Waals surface area contributed by atoms with Gasteiger partial charge in [0, 0.05) is 11.6 Å². The van der Waals surface area contributed by atoms with Gasteiger partial charge in [-0.25, -0.2) is 13.6 Å². The molecule has 1 aliphatic rings. The van der Waals surface area contributed by atoms with Gasteiger partial charge in [-0.3, -0.25) is 4.90 Å². The van der Waals surface area contributed by atoms with Crippen molar-refractivity contribution in [2.75, 3.05) is 13.2 Å². The lowest BCUT2D eigenvalue weighted by Crippen LogP contribution is -2.65. The van der Waals surface area contributed by atoms with Crippen LogP contribution in [0.3, 0.4) is 0 Å². The number of nitrogens with two attached hydrogens (primary N) is 1. The highest BCUT2D eigenvalue weighted by Crippen LogP contribution is 2.28. The van der Waals surface area contributed by atoms with E-state index in [0.29, 0.717) is 30.9 Å². The van der Waals surface area contributed by atoms with E-state index < -0.39 is 53.8 Å². The van der Waals surface area contributed by atoms with Crippen molar-refractivity contribution in [1.82, 2.24) is 4.90 Å². The van der Waals surface area contributed by atoms with Crippen molar-refractivity contribution in [1.29, 1.82) is 0 Å². The maximum Gasteiger partial charge on any atom is 0.411 e. The van der Waals surface area contributed by atoms with E-state index in [1.54, 1.807) is 27.7 Å². The van der Waals surface area contributed by atoms with Crippen LogP contribution in [0.25, 0.3) is 0 Å². The fraction of sp³-hybridized carbons (Fsp3) is 0.759. The fourth-order valence-electron chi connectivity index (χ4n) is 4.37. The average molecular weight is 543 g/mol. The maximum absolute atomic E-state index is 14.7. The van der Waals surface area contributed by atoms with E-state index >= 15 is 0 Å². The SMILES string of the molecule is CC(C)CCc1c(F)cc(C[C@H](N)[C@H](O)[C@H]2CO[C@@H](OCC(C)(C)C)[C@H](C)N2C(=O)OC(C)(C)C)cc1F. The Hall–Kier alpha value is -1.81. The molecule has 0 bridgehead atoms. The molecular formula is C29H48F2N2O5. The zero-order valence-corrected chi connectivity index (χ0v) is 24.5. The summed E-state index contributed by atoms with van der Waals surface area (Å²) >= 11 is 0. The largest absolute Gasteiger partial charge is 0.444 e. The third kappa shape index (κ3) is 9.43. The first-order valence-corrected chi connectivity index (χ1v) is 13.5. The molecule has 218 valence electrons. The second-order valence-corrected chi connectivity index (χ2v) is 13.1. The molecule has 0 radical (unpaired) electrons. The smallest absolute Gasteiger partial charge is 0.411 e. The molecule has 3 N–H and O–H groups in total. The van der Waals surface area contributed by atoms with Crippen molar-refractivity contribution in [2.45, 2.75) is 118 Å². The monoisotopic (exact) mass is 542 g/mol. The van der Waals surface area contributed by atoms with Crippen LogP contribution in [0, 0.1) is 23.0 Å². The molecule has 1 heterocycles. The molecule has 1 aromatic rings. The van der Waals surface area contributed by atoms with Crippen molar-refractivity contribution < 1.29 is 32.9 Å². The van der Waals surface area contributed by atoms with Gasteiger partial charge in [0.2, 0.25) is 0 Å². The zero-order valence-electron chi connectivity index (χ0n) is 24.5. The number of carbonyl (C=O) groups is 1. The molecule has 0 aromatic heterocycles. The second-order valence-electron chi connectivity index (χ2n) is 13.1. The molecule has 0 unspecified atom stereocenters. The molecular weight excluding hydrogens is 494 g/mol. The van der Waals surface area contributed by atoms with Crippen molar-refractivity contribution in [3.8, 4) is 0 Å². The zero-order chi connectivity index (χ0) is 29.0. The van der Waals surface area contributed by atoms with Crippen molar-refractivity contribution in [2.24, 2.45) is 17.1 Å². The van der Waals surface area contributed by atoms with Gasteiger partial charge in [0.25, 0.3) is 0 Å². The van der Waals surface area contributed by atoms with Crippen LogP contribution in [0.5, 0.6) is 0 Å². The van der Waals surface area contributed by atoms with Gasteiger partial charge >= 0.3 is 6.09 Å². The molecule has 7 nitrogen and oxygen atoms in total. The molecule has 1 fully saturated rings. The molecule has 38 heavy (non-hydrogen) atoms. The molecule has 5 atom stereocenters. The Morgan fingerprint density at radius 3 is 2.26 bits per heavy atom. The predicted molar refractivity (Wildman–Crippen MR) is 144 cm³/mol. The molecule has 1 amide bonds. The number of hydrogen-bond acceptors (Lipinski definition) is 6. The van der Waals surface area contributed by atoms with Crippen LogP contribution >= 0.6 is 0 Å². The lowest BCUT2D eigenvalue weighted by atomic mass is 9.93. The van der Waals surface area contributed by atoms with Gasteiger partial charge in [-0.2, -0.15) is 0 Å². The van der Waals surface area contributed by atoms with Gasteiger partial charge in [0.05, 0.1) is 31.4 Å². The van der Waals surface area contributed by atoms with Crippen LogP contribution in [-0.2, 0) is 27.1 Å². The number of benzene rings is 1. The van der Waals surface area contributed by atoms with E-state index in [9.17, 15) is 18.7 Å². The molecule has 2 rings (SSSR count). The summed E-state index contributed by atoms with van der Waals surface area (Å²) in [6.07, 6.45) is -1.60. The Kier molecular flexibility index (Phi) is 11.1. The quantitative estimate of drug-likeness (QED) is 0.446. The minimum atomic E-state index is -1.25. The summed E-state index contributed by atoms with van der Waals surface area (Å²) in [5.74, 6) is -0.916. The van der Waals surface area contributed by atoms with Gasteiger partial charge in [-0.1, -0.05) is 34.6 Å². The summed E-state index contributed by atoms with van der Waals surface area (Å²) in [4.78, 5) is 14.7. The van der Waals surface area contributed by atoms with E-state index in [2.05, 4.69) is 0 Å². The fourth-order valence-corrected chi connectivity index (χ4v) is 4.37. The van der Waals surface area contributed by atoms with Crippen LogP contribution in [-0.4, -0.2) is 65.4 Å². The topological polar surface area (TPSA) is 94.3 Å². The van der Waals surface area contributed by atoms with E-state index in [1.807, 2.05) is 34.6 Å². The molecule has 9 heteroatoms. The first kappa shape index (κ1) is 32.4. The Morgan fingerprint density at radius 1 is 1.18 bits per heavy atom. The molecule has 1 aromatic carbocycles. The third-order valence-electron chi connectivity index (χ3n) is 6.38.